The minimum Gasteiger partial charge on any atom is -0.486 e. The smallest absolute Gasteiger partial charge is 0.304 e. The van der Waals surface area contributed by atoms with Crippen LogP contribution in [0.25, 0.3) is 0 Å². The fraction of sp³-hybridized carbons (Fsp3) is 0.500. The van der Waals surface area contributed by atoms with Gasteiger partial charge in [-0.3, -0.25) is 4.79 Å². The van der Waals surface area contributed by atoms with Crippen molar-refractivity contribution in [1.82, 2.24) is 0 Å². The number of carboxylic acids is 1. The third-order valence-electron chi connectivity index (χ3n) is 3.11. The first-order chi connectivity index (χ1) is 8.40. The quantitative estimate of drug-likeness (QED) is 0.895. The summed E-state index contributed by atoms with van der Waals surface area (Å²) in [5, 5.41) is 9.01. The number of carboxylic acid groups (broad SMARTS) is 1. The maximum absolute atomic E-state index is 11.0. The van der Waals surface area contributed by atoms with Crippen LogP contribution >= 0.6 is 0 Å². The lowest BCUT2D eigenvalue weighted by Gasteiger charge is -2.29. The molecule has 0 saturated heterocycles. The number of benzene rings is 1. The molecule has 18 heavy (non-hydrogen) atoms. The lowest BCUT2D eigenvalue weighted by molar-refractivity contribution is -0.138. The molecule has 2 rings (SSSR count). The Morgan fingerprint density at radius 1 is 1.33 bits per heavy atom. The van der Waals surface area contributed by atoms with Gasteiger partial charge in [-0.2, -0.15) is 0 Å². The van der Waals surface area contributed by atoms with Crippen LogP contribution in [0.2, 0.25) is 0 Å². The summed E-state index contributed by atoms with van der Waals surface area (Å²) in [7, 11) is 0. The number of hydrogen-bond donors (Lipinski definition) is 1. The summed E-state index contributed by atoms with van der Waals surface area (Å²) >= 11 is 0. The zero-order chi connectivity index (χ0) is 13.3. The SMILES string of the molecule is Cc1cc2c(c(C(C)(C)CC(=O)O)c1)OCCO2. The van der Waals surface area contributed by atoms with E-state index < -0.39 is 11.4 Å². The van der Waals surface area contributed by atoms with Crippen molar-refractivity contribution >= 4 is 5.97 Å². The average Bonchev–Trinajstić information content (AvgIpc) is 2.26. The van der Waals surface area contributed by atoms with Gasteiger partial charge in [-0.05, 0) is 18.6 Å². The van der Waals surface area contributed by atoms with E-state index in [2.05, 4.69) is 0 Å². The molecule has 1 N–H and O–H groups in total. The molecule has 1 aromatic rings. The summed E-state index contributed by atoms with van der Waals surface area (Å²) in [6.07, 6.45) is 0.0618. The van der Waals surface area contributed by atoms with E-state index in [1.165, 1.54) is 0 Å². The van der Waals surface area contributed by atoms with Crippen LogP contribution in [0.5, 0.6) is 11.5 Å². The number of carbonyl (C=O) groups is 1. The van der Waals surface area contributed by atoms with Crippen molar-refractivity contribution in [2.45, 2.75) is 32.6 Å². The lowest BCUT2D eigenvalue weighted by Crippen LogP contribution is -2.25. The minimum absolute atomic E-state index is 0.0618. The molecule has 0 aliphatic carbocycles. The Bertz CT molecular complexity index is 477. The van der Waals surface area contributed by atoms with Crippen LogP contribution in [0.1, 0.15) is 31.4 Å². The standard InChI is InChI=1S/C14H18O4/c1-9-6-10(14(2,3)8-12(15)16)13-11(7-9)17-4-5-18-13/h6-7H,4-5,8H2,1-3H3,(H,15,16). The van der Waals surface area contributed by atoms with Gasteiger partial charge in [0.05, 0.1) is 6.42 Å². The van der Waals surface area contributed by atoms with Crippen LogP contribution in [-0.4, -0.2) is 24.3 Å². The van der Waals surface area contributed by atoms with Crippen molar-refractivity contribution in [2.75, 3.05) is 13.2 Å². The highest BCUT2D eigenvalue weighted by Gasteiger charge is 2.30. The summed E-state index contributed by atoms with van der Waals surface area (Å²) in [5.41, 5.74) is 1.47. The van der Waals surface area contributed by atoms with Crippen molar-refractivity contribution in [3.63, 3.8) is 0 Å². The summed E-state index contributed by atoms with van der Waals surface area (Å²) in [5.74, 6) is 0.597. The highest BCUT2D eigenvalue weighted by molar-refractivity contribution is 5.69. The van der Waals surface area contributed by atoms with Gasteiger partial charge in [0.2, 0.25) is 0 Å². The molecule has 0 saturated carbocycles. The van der Waals surface area contributed by atoms with Crippen molar-refractivity contribution in [3.8, 4) is 11.5 Å². The fourth-order valence-electron chi connectivity index (χ4n) is 2.27. The van der Waals surface area contributed by atoms with Crippen LogP contribution in [0.15, 0.2) is 12.1 Å². The number of hydrogen-bond acceptors (Lipinski definition) is 3. The molecule has 0 aromatic heterocycles. The van der Waals surface area contributed by atoms with Gasteiger partial charge in [0, 0.05) is 11.0 Å². The van der Waals surface area contributed by atoms with Gasteiger partial charge in [0.15, 0.2) is 11.5 Å². The van der Waals surface area contributed by atoms with E-state index in [0.717, 1.165) is 16.9 Å². The van der Waals surface area contributed by atoms with Crippen molar-refractivity contribution in [2.24, 2.45) is 0 Å². The highest BCUT2D eigenvalue weighted by atomic mass is 16.6. The van der Waals surface area contributed by atoms with Gasteiger partial charge in [-0.1, -0.05) is 19.9 Å². The molecule has 0 spiro atoms. The van der Waals surface area contributed by atoms with E-state index in [4.69, 9.17) is 14.6 Å². The molecular formula is C14H18O4. The van der Waals surface area contributed by atoms with Crippen LogP contribution in [-0.2, 0) is 10.2 Å². The zero-order valence-corrected chi connectivity index (χ0v) is 10.9. The molecule has 1 aliphatic rings. The molecule has 0 amide bonds. The second-order valence-corrected chi connectivity index (χ2v) is 5.29. The summed E-state index contributed by atoms with van der Waals surface area (Å²) < 4.78 is 11.2. The Morgan fingerprint density at radius 3 is 2.67 bits per heavy atom. The maximum Gasteiger partial charge on any atom is 0.304 e. The van der Waals surface area contributed by atoms with Crippen molar-refractivity contribution < 1.29 is 19.4 Å². The Morgan fingerprint density at radius 2 is 2.00 bits per heavy atom. The van der Waals surface area contributed by atoms with Crippen LogP contribution in [0, 0.1) is 6.92 Å². The number of fused-ring (bicyclic) bond motifs is 1. The average molecular weight is 250 g/mol. The van der Waals surface area contributed by atoms with E-state index in [9.17, 15) is 4.79 Å². The Kier molecular flexibility index (Phi) is 3.20. The topological polar surface area (TPSA) is 55.8 Å². The maximum atomic E-state index is 11.0. The molecule has 98 valence electrons. The van der Waals surface area contributed by atoms with Crippen LogP contribution in [0.3, 0.4) is 0 Å². The van der Waals surface area contributed by atoms with Crippen LogP contribution < -0.4 is 9.47 Å². The molecule has 0 fully saturated rings. The van der Waals surface area contributed by atoms with E-state index >= 15 is 0 Å². The zero-order valence-electron chi connectivity index (χ0n) is 10.9. The van der Waals surface area contributed by atoms with Crippen LogP contribution in [0.4, 0.5) is 0 Å². The Hall–Kier alpha value is -1.71. The Balaban J connectivity index is 2.49. The molecule has 4 heteroatoms. The number of aryl methyl sites for hydroxylation is 1. The summed E-state index contributed by atoms with van der Waals surface area (Å²) in [6, 6.07) is 3.91. The third kappa shape index (κ3) is 2.42. The summed E-state index contributed by atoms with van der Waals surface area (Å²) in [4.78, 5) is 11.0. The van der Waals surface area contributed by atoms with E-state index in [-0.39, 0.29) is 6.42 Å². The molecule has 0 bridgehead atoms. The van der Waals surface area contributed by atoms with Crippen molar-refractivity contribution in [3.05, 3.63) is 23.3 Å². The number of ether oxygens (including phenoxy) is 2. The van der Waals surface area contributed by atoms with E-state index in [1.54, 1.807) is 0 Å². The molecule has 1 aliphatic heterocycles. The Labute approximate surface area is 107 Å². The minimum atomic E-state index is -0.813. The van der Waals surface area contributed by atoms with Gasteiger partial charge in [0.25, 0.3) is 0 Å². The first kappa shape index (κ1) is 12.7. The first-order valence-corrected chi connectivity index (χ1v) is 6.03. The van der Waals surface area contributed by atoms with E-state index in [0.29, 0.717) is 19.0 Å². The molecule has 1 aromatic carbocycles. The predicted molar refractivity (Wildman–Crippen MR) is 67.4 cm³/mol. The number of aliphatic carboxylic acids is 1. The lowest BCUT2D eigenvalue weighted by atomic mass is 9.80. The van der Waals surface area contributed by atoms with Crippen molar-refractivity contribution in [1.29, 1.82) is 0 Å². The summed E-state index contributed by atoms with van der Waals surface area (Å²) in [6.45, 7) is 6.84. The van der Waals surface area contributed by atoms with Gasteiger partial charge in [-0.25, -0.2) is 0 Å². The van der Waals surface area contributed by atoms with Gasteiger partial charge in [-0.15, -0.1) is 0 Å². The predicted octanol–water partition coefficient (Wildman–Crippen LogP) is 2.52. The second kappa shape index (κ2) is 4.52. The molecular weight excluding hydrogens is 232 g/mol. The van der Waals surface area contributed by atoms with Gasteiger partial charge in [0.1, 0.15) is 13.2 Å². The fourth-order valence-corrected chi connectivity index (χ4v) is 2.27. The van der Waals surface area contributed by atoms with Gasteiger partial charge >= 0.3 is 5.97 Å². The first-order valence-electron chi connectivity index (χ1n) is 6.03. The van der Waals surface area contributed by atoms with Gasteiger partial charge < -0.3 is 14.6 Å². The second-order valence-electron chi connectivity index (χ2n) is 5.29. The highest BCUT2D eigenvalue weighted by Crippen LogP contribution is 2.42. The molecule has 0 radical (unpaired) electrons. The number of rotatable bonds is 3. The van der Waals surface area contributed by atoms with E-state index in [1.807, 2.05) is 32.9 Å². The normalized spacial score (nSPS) is 14.4. The molecule has 0 atom stereocenters. The molecule has 0 unspecified atom stereocenters. The molecule has 1 heterocycles. The third-order valence-corrected chi connectivity index (χ3v) is 3.11. The monoisotopic (exact) mass is 250 g/mol. The molecule has 4 nitrogen and oxygen atoms in total. The largest absolute Gasteiger partial charge is 0.486 e.